The molecule has 1 saturated heterocycles. The Morgan fingerprint density at radius 3 is 2.81 bits per heavy atom. The first-order valence-corrected chi connectivity index (χ1v) is 9.29. The Bertz CT molecular complexity index is 872. The molecular formula is C18H19F2N3O2S. The standard InChI is InChI=1S/C18H19F2N3O2S/c1-9-5-16(25-23-9)15-7-13-10(2)26-17(21)22-18(13,8-24-15)12-4-3-11(19)6-14(12)20/h3-6,10,13,15H,7-8H2,1-2H3,(H2,21,22)/t10?,13-,15+,18+/m0/s1. The molecule has 3 heterocycles. The van der Waals surface area contributed by atoms with E-state index in [2.05, 4.69) is 10.1 Å². The van der Waals surface area contributed by atoms with Crippen LogP contribution in [-0.2, 0) is 10.3 Å². The summed E-state index contributed by atoms with van der Waals surface area (Å²) < 4.78 is 39.4. The number of nitrogens with two attached hydrogens (primary N) is 1. The molecule has 5 nitrogen and oxygen atoms in total. The monoisotopic (exact) mass is 379 g/mol. The van der Waals surface area contributed by atoms with Gasteiger partial charge in [-0.3, -0.25) is 0 Å². The lowest BCUT2D eigenvalue weighted by Gasteiger charge is -2.48. The number of aliphatic imine (C=N–C) groups is 1. The van der Waals surface area contributed by atoms with Gasteiger partial charge in [0.1, 0.15) is 23.3 Å². The molecule has 2 aliphatic rings. The van der Waals surface area contributed by atoms with Crippen molar-refractivity contribution in [3.63, 3.8) is 0 Å². The first-order valence-electron chi connectivity index (χ1n) is 8.41. The predicted molar refractivity (Wildman–Crippen MR) is 94.8 cm³/mol. The number of halogens is 2. The van der Waals surface area contributed by atoms with E-state index in [1.807, 2.05) is 19.9 Å². The lowest BCUT2D eigenvalue weighted by atomic mass is 9.72. The van der Waals surface area contributed by atoms with Crippen molar-refractivity contribution in [1.82, 2.24) is 5.16 Å². The second-order valence-corrected chi connectivity index (χ2v) is 8.23. The number of benzene rings is 1. The number of rotatable bonds is 2. The summed E-state index contributed by atoms with van der Waals surface area (Å²) in [6, 6.07) is 5.41. The van der Waals surface area contributed by atoms with Gasteiger partial charge in [0.15, 0.2) is 10.9 Å². The van der Waals surface area contributed by atoms with E-state index < -0.39 is 17.2 Å². The maximum atomic E-state index is 14.6. The van der Waals surface area contributed by atoms with E-state index in [0.717, 1.165) is 11.8 Å². The van der Waals surface area contributed by atoms with Crippen molar-refractivity contribution < 1.29 is 18.0 Å². The second kappa shape index (κ2) is 6.35. The van der Waals surface area contributed by atoms with Crippen LogP contribution in [0.2, 0.25) is 0 Å². The third kappa shape index (κ3) is 2.81. The Labute approximate surface area is 154 Å². The number of fused-ring (bicyclic) bond motifs is 1. The summed E-state index contributed by atoms with van der Waals surface area (Å²) in [6.07, 6.45) is 0.298. The molecule has 0 spiro atoms. The number of nitrogens with zero attached hydrogens (tertiary/aromatic N) is 2. The minimum atomic E-state index is -0.974. The molecule has 1 fully saturated rings. The van der Waals surface area contributed by atoms with E-state index in [9.17, 15) is 8.78 Å². The Kier molecular flexibility index (Phi) is 4.27. The molecule has 26 heavy (non-hydrogen) atoms. The first-order chi connectivity index (χ1) is 12.4. The molecule has 4 atom stereocenters. The zero-order valence-corrected chi connectivity index (χ0v) is 15.2. The van der Waals surface area contributed by atoms with Gasteiger partial charge in [-0.2, -0.15) is 0 Å². The minimum absolute atomic E-state index is 0.0519. The van der Waals surface area contributed by atoms with Crippen LogP contribution in [-0.4, -0.2) is 22.2 Å². The molecule has 0 bridgehead atoms. The minimum Gasteiger partial charge on any atom is -0.379 e. The van der Waals surface area contributed by atoms with Gasteiger partial charge in [-0.25, -0.2) is 13.8 Å². The molecule has 0 aliphatic carbocycles. The van der Waals surface area contributed by atoms with Crippen LogP contribution in [0.4, 0.5) is 8.78 Å². The van der Waals surface area contributed by atoms with Crippen LogP contribution in [0, 0.1) is 24.5 Å². The first kappa shape index (κ1) is 17.5. The zero-order valence-electron chi connectivity index (χ0n) is 14.4. The van der Waals surface area contributed by atoms with Gasteiger partial charge in [-0.15, -0.1) is 0 Å². The molecule has 1 aromatic carbocycles. The van der Waals surface area contributed by atoms with Crippen molar-refractivity contribution in [3.8, 4) is 0 Å². The number of aryl methyl sites for hydroxylation is 1. The highest BCUT2D eigenvalue weighted by Gasteiger charge is 2.52. The van der Waals surface area contributed by atoms with E-state index in [0.29, 0.717) is 22.9 Å². The zero-order chi connectivity index (χ0) is 18.5. The van der Waals surface area contributed by atoms with Crippen LogP contribution >= 0.6 is 11.8 Å². The molecule has 8 heteroatoms. The summed E-state index contributed by atoms with van der Waals surface area (Å²) in [7, 11) is 0. The van der Waals surface area contributed by atoms with Gasteiger partial charge in [-0.05, 0) is 19.4 Å². The Morgan fingerprint density at radius 1 is 1.31 bits per heavy atom. The van der Waals surface area contributed by atoms with Gasteiger partial charge >= 0.3 is 0 Å². The normalized spacial score (nSPS) is 31.4. The van der Waals surface area contributed by atoms with Crippen molar-refractivity contribution in [2.45, 2.75) is 37.2 Å². The van der Waals surface area contributed by atoms with Crippen molar-refractivity contribution in [3.05, 3.63) is 52.9 Å². The molecule has 1 aromatic heterocycles. The quantitative estimate of drug-likeness (QED) is 0.862. The van der Waals surface area contributed by atoms with Gasteiger partial charge in [0.2, 0.25) is 0 Å². The molecule has 2 aliphatic heterocycles. The van der Waals surface area contributed by atoms with Crippen molar-refractivity contribution >= 4 is 16.9 Å². The topological polar surface area (TPSA) is 73.6 Å². The fraction of sp³-hybridized carbons (Fsp3) is 0.444. The third-order valence-corrected chi connectivity index (χ3v) is 6.16. The smallest absolute Gasteiger partial charge is 0.165 e. The van der Waals surface area contributed by atoms with Crippen LogP contribution < -0.4 is 5.73 Å². The molecule has 0 radical (unpaired) electrons. The van der Waals surface area contributed by atoms with Crippen LogP contribution in [0.15, 0.2) is 33.8 Å². The SMILES string of the molecule is Cc1cc([C@H]2C[C@H]3C(C)SC(N)=N[C@@]3(c3ccc(F)cc3F)CO2)on1. The summed E-state index contributed by atoms with van der Waals surface area (Å²) in [5.74, 6) is -0.663. The Morgan fingerprint density at radius 2 is 2.12 bits per heavy atom. The van der Waals surface area contributed by atoms with Crippen LogP contribution in [0.3, 0.4) is 0 Å². The second-order valence-electron chi connectivity index (χ2n) is 6.83. The Balaban J connectivity index is 1.77. The number of aromatic nitrogens is 1. The highest BCUT2D eigenvalue weighted by molar-refractivity contribution is 8.14. The van der Waals surface area contributed by atoms with E-state index in [4.69, 9.17) is 15.0 Å². The molecule has 1 unspecified atom stereocenters. The number of hydrogen-bond donors (Lipinski definition) is 1. The lowest BCUT2D eigenvalue weighted by molar-refractivity contribution is -0.0744. The molecule has 0 amide bonds. The maximum absolute atomic E-state index is 14.6. The van der Waals surface area contributed by atoms with Gasteiger partial charge in [0.25, 0.3) is 0 Å². The van der Waals surface area contributed by atoms with Crippen molar-refractivity contribution in [2.24, 2.45) is 16.6 Å². The van der Waals surface area contributed by atoms with Crippen LogP contribution in [0.5, 0.6) is 0 Å². The summed E-state index contributed by atoms with van der Waals surface area (Å²) in [5, 5.41) is 4.39. The highest BCUT2D eigenvalue weighted by Crippen LogP contribution is 2.52. The molecular weight excluding hydrogens is 360 g/mol. The summed E-state index contributed by atoms with van der Waals surface area (Å²) in [5.41, 5.74) is 6.13. The number of thioether (sulfide) groups is 1. The van der Waals surface area contributed by atoms with Gasteiger partial charge in [0.05, 0.1) is 12.3 Å². The molecule has 4 rings (SSSR count). The third-order valence-electron chi connectivity index (χ3n) is 5.13. The average molecular weight is 379 g/mol. The van der Waals surface area contributed by atoms with E-state index >= 15 is 0 Å². The molecule has 2 N–H and O–H groups in total. The fourth-order valence-corrected chi connectivity index (χ4v) is 5.03. The van der Waals surface area contributed by atoms with Gasteiger partial charge < -0.3 is 15.0 Å². The number of ether oxygens (including phenoxy) is 1. The highest BCUT2D eigenvalue weighted by atomic mass is 32.2. The van der Waals surface area contributed by atoms with Crippen LogP contribution in [0.1, 0.15) is 36.5 Å². The lowest BCUT2D eigenvalue weighted by Crippen LogP contribution is -2.51. The maximum Gasteiger partial charge on any atom is 0.165 e. The molecule has 2 aromatic rings. The summed E-state index contributed by atoms with van der Waals surface area (Å²) in [6.45, 7) is 4.02. The predicted octanol–water partition coefficient (Wildman–Crippen LogP) is 3.68. The largest absolute Gasteiger partial charge is 0.379 e. The molecule has 138 valence electrons. The summed E-state index contributed by atoms with van der Waals surface area (Å²) >= 11 is 1.46. The van der Waals surface area contributed by atoms with Crippen molar-refractivity contribution in [1.29, 1.82) is 0 Å². The Hall–Kier alpha value is -1.93. The summed E-state index contributed by atoms with van der Waals surface area (Å²) in [4.78, 5) is 4.60. The van der Waals surface area contributed by atoms with Crippen molar-refractivity contribution in [2.75, 3.05) is 6.61 Å². The van der Waals surface area contributed by atoms with Gasteiger partial charge in [-0.1, -0.05) is 29.9 Å². The van der Waals surface area contributed by atoms with E-state index in [-0.39, 0.29) is 23.9 Å². The molecule has 0 saturated carbocycles. The van der Waals surface area contributed by atoms with Crippen LogP contribution in [0.25, 0.3) is 0 Å². The fourth-order valence-electron chi connectivity index (χ4n) is 3.93. The van der Waals surface area contributed by atoms with E-state index in [1.54, 1.807) is 0 Å². The van der Waals surface area contributed by atoms with E-state index in [1.165, 1.54) is 23.9 Å². The average Bonchev–Trinajstić information content (AvgIpc) is 3.00. The number of hydrogen-bond acceptors (Lipinski definition) is 6. The number of amidine groups is 1. The van der Waals surface area contributed by atoms with Gasteiger partial charge in [0, 0.05) is 28.9 Å².